The van der Waals surface area contributed by atoms with Crippen LogP contribution in [0.4, 0.5) is 0 Å². The topological polar surface area (TPSA) is 64.6 Å². The average molecular weight is 583 g/mol. The molecular formula is C34H62O7. The molecule has 0 radical (unpaired) electrons. The molecule has 240 valence electrons. The normalized spacial score (nSPS) is 11.3. The first-order chi connectivity index (χ1) is 20.4. The summed E-state index contributed by atoms with van der Waals surface area (Å²) in [5.74, 6) is 0.858. The van der Waals surface area contributed by atoms with Gasteiger partial charge >= 0.3 is 0 Å². The Labute approximate surface area is 251 Å². The minimum Gasteiger partial charge on any atom is -0.491 e. The van der Waals surface area contributed by atoms with Gasteiger partial charge in [-0.2, -0.15) is 0 Å². The Morgan fingerprint density at radius 2 is 0.659 bits per heavy atom. The lowest BCUT2D eigenvalue weighted by Crippen LogP contribution is -2.14. The van der Waals surface area contributed by atoms with Crippen LogP contribution in [-0.2, 0) is 28.4 Å². The molecule has 0 aliphatic rings. The summed E-state index contributed by atoms with van der Waals surface area (Å²) in [5, 5.41) is 0. The zero-order chi connectivity index (χ0) is 29.2. The number of rotatable bonds is 34. The monoisotopic (exact) mass is 582 g/mol. The van der Waals surface area contributed by atoms with Gasteiger partial charge in [-0.25, -0.2) is 0 Å². The van der Waals surface area contributed by atoms with Gasteiger partial charge in [-0.1, -0.05) is 109 Å². The van der Waals surface area contributed by atoms with Gasteiger partial charge in [0.1, 0.15) is 12.4 Å². The third-order valence-corrected chi connectivity index (χ3v) is 6.74. The Balaban J connectivity index is 1.61. The van der Waals surface area contributed by atoms with Crippen molar-refractivity contribution in [2.24, 2.45) is 0 Å². The van der Waals surface area contributed by atoms with Gasteiger partial charge in [0, 0.05) is 6.61 Å². The summed E-state index contributed by atoms with van der Waals surface area (Å²) in [6.45, 7) is 9.95. The van der Waals surface area contributed by atoms with Gasteiger partial charge in [0.05, 0.1) is 72.7 Å². The van der Waals surface area contributed by atoms with E-state index in [0.29, 0.717) is 79.3 Å². The van der Waals surface area contributed by atoms with Crippen molar-refractivity contribution in [3.05, 3.63) is 30.3 Å². The molecule has 0 heterocycles. The van der Waals surface area contributed by atoms with E-state index < -0.39 is 0 Å². The van der Waals surface area contributed by atoms with E-state index in [1.54, 1.807) is 0 Å². The summed E-state index contributed by atoms with van der Waals surface area (Å²) in [6.07, 6.45) is 19.3. The van der Waals surface area contributed by atoms with E-state index in [1.807, 2.05) is 30.3 Å². The van der Waals surface area contributed by atoms with Gasteiger partial charge in [-0.15, -0.1) is 0 Å². The number of hydrogen-bond acceptors (Lipinski definition) is 7. The molecular weight excluding hydrogens is 520 g/mol. The molecule has 1 rings (SSSR count). The van der Waals surface area contributed by atoms with Crippen LogP contribution in [0.1, 0.15) is 96.8 Å². The molecule has 0 saturated heterocycles. The zero-order valence-corrected chi connectivity index (χ0v) is 26.3. The molecule has 0 bridgehead atoms. The van der Waals surface area contributed by atoms with Crippen molar-refractivity contribution in [2.75, 3.05) is 85.9 Å². The largest absolute Gasteiger partial charge is 0.491 e. The number of para-hydroxylation sites is 1. The van der Waals surface area contributed by atoms with Gasteiger partial charge in [0.15, 0.2) is 0 Å². The van der Waals surface area contributed by atoms with E-state index >= 15 is 0 Å². The lowest BCUT2D eigenvalue weighted by atomic mass is 10.0. The van der Waals surface area contributed by atoms with Crippen molar-refractivity contribution in [3.63, 3.8) is 0 Å². The first-order valence-electron chi connectivity index (χ1n) is 16.6. The molecule has 0 unspecified atom stereocenters. The summed E-state index contributed by atoms with van der Waals surface area (Å²) in [7, 11) is 0. The van der Waals surface area contributed by atoms with Crippen LogP contribution < -0.4 is 4.74 Å². The van der Waals surface area contributed by atoms with E-state index in [-0.39, 0.29) is 0 Å². The minimum atomic E-state index is 0.533. The average Bonchev–Trinajstić information content (AvgIpc) is 3.00. The van der Waals surface area contributed by atoms with E-state index in [1.165, 1.54) is 83.5 Å². The van der Waals surface area contributed by atoms with Crippen molar-refractivity contribution in [2.45, 2.75) is 96.8 Å². The molecule has 0 fully saturated rings. The molecule has 7 heteroatoms. The standard InChI is InChI=1S/C34H62O7/c1-2-3-4-5-6-7-8-9-10-11-12-13-14-18-21-35-22-23-36-24-25-37-26-27-38-28-29-39-30-31-40-32-33-41-34-19-16-15-17-20-34/h15-17,19-20H,2-14,18,21-33H2,1H3. The quantitative estimate of drug-likeness (QED) is 0.0774. The predicted octanol–water partition coefficient (Wildman–Crippen LogP) is 7.65. The van der Waals surface area contributed by atoms with Crippen LogP contribution in [-0.4, -0.2) is 85.9 Å². The van der Waals surface area contributed by atoms with E-state index in [0.717, 1.165) is 18.8 Å². The van der Waals surface area contributed by atoms with Crippen molar-refractivity contribution in [1.29, 1.82) is 0 Å². The molecule has 1 aromatic carbocycles. The van der Waals surface area contributed by atoms with Gasteiger partial charge in [-0.05, 0) is 18.6 Å². The molecule has 0 N–H and O–H groups in total. The highest BCUT2D eigenvalue weighted by molar-refractivity contribution is 5.20. The first kappa shape index (κ1) is 37.8. The molecule has 1 aromatic rings. The fraction of sp³-hybridized carbons (Fsp3) is 0.824. The third kappa shape index (κ3) is 30.1. The van der Waals surface area contributed by atoms with Crippen LogP contribution >= 0.6 is 0 Å². The second kappa shape index (κ2) is 33.3. The highest BCUT2D eigenvalue weighted by Gasteiger charge is 1.97. The van der Waals surface area contributed by atoms with Crippen LogP contribution in [0.25, 0.3) is 0 Å². The number of unbranched alkanes of at least 4 members (excludes halogenated alkanes) is 13. The summed E-state index contributed by atoms with van der Waals surface area (Å²) in [5.41, 5.74) is 0. The Morgan fingerprint density at radius 3 is 1.05 bits per heavy atom. The second-order valence-corrected chi connectivity index (χ2v) is 10.4. The van der Waals surface area contributed by atoms with Gasteiger partial charge < -0.3 is 33.2 Å². The maximum Gasteiger partial charge on any atom is 0.119 e. The fourth-order valence-corrected chi connectivity index (χ4v) is 4.34. The van der Waals surface area contributed by atoms with Crippen LogP contribution in [0.5, 0.6) is 5.75 Å². The summed E-state index contributed by atoms with van der Waals surface area (Å²) in [4.78, 5) is 0. The molecule has 0 saturated carbocycles. The van der Waals surface area contributed by atoms with Crippen LogP contribution in [0.2, 0.25) is 0 Å². The molecule has 0 aliphatic heterocycles. The number of hydrogen-bond donors (Lipinski definition) is 0. The predicted molar refractivity (Wildman–Crippen MR) is 167 cm³/mol. The van der Waals surface area contributed by atoms with Crippen LogP contribution in [0, 0.1) is 0 Å². The van der Waals surface area contributed by atoms with Gasteiger partial charge in [0.25, 0.3) is 0 Å². The number of ether oxygens (including phenoxy) is 7. The highest BCUT2D eigenvalue weighted by Crippen LogP contribution is 2.13. The Kier molecular flexibility index (Phi) is 30.7. The van der Waals surface area contributed by atoms with Crippen LogP contribution in [0.3, 0.4) is 0 Å². The molecule has 0 amide bonds. The molecule has 41 heavy (non-hydrogen) atoms. The number of benzene rings is 1. The second-order valence-electron chi connectivity index (χ2n) is 10.4. The Hall–Kier alpha value is -1.22. The Bertz CT molecular complexity index is 602. The molecule has 0 atom stereocenters. The fourth-order valence-electron chi connectivity index (χ4n) is 4.34. The van der Waals surface area contributed by atoms with E-state index in [4.69, 9.17) is 33.2 Å². The maximum atomic E-state index is 5.67. The van der Waals surface area contributed by atoms with E-state index in [9.17, 15) is 0 Å². The van der Waals surface area contributed by atoms with Crippen molar-refractivity contribution < 1.29 is 33.2 Å². The summed E-state index contributed by atoms with van der Waals surface area (Å²) < 4.78 is 38.8. The zero-order valence-electron chi connectivity index (χ0n) is 26.3. The third-order valence-electron chi connectivity index (χ3n) is 6.74. The molecule has 0 aliphatic carbocycles. The lowest BCUT2D eigenvalue weighted by molar-refractivity contribution is -0.0179. The summed E-state index contributed by atoms with van der Waals surface area (Å²) in [6, 6.07) is 9.73. The SMILES string of the molecule is CCCCCCCCCCCCCCCCOCCOCCOCCOCCOCCOCCOc1ccccc1. The lowest BCUT2D eigenvalue weighted by Gasteiger charge is -2.09. The van der Waals surface area contributed by atoms with E-state index in [2.05, 4.69) is 6.92 Å². The van der Waals surface area contributed by atoms with Crippen molar-refractivity contribution in [1.82, 2.24) is 0 Å². The molecule has 0 aromatic heterocycles. The minimum absolute atomic E-state index is 0.533. The molecule has 0 spiro atoms. The maximum absolute atomic E-state index is 5.67. The Morgan fingerprint density at radius 1 is 0.341 bits per heavy atom. The van der Waals surface area contributed by atoms with Gasteiger partial charge in [-0.3, -0.25) is 0 Å². The first-order valence-corrected chi connectivity index (χ1v) is 16.6. The van der Waals surface area contributed by atoms with Gasteiger partial charge in [0.2, 0.25) is 0 Å². The van der Waals surface area contributed by atoms with Crippen molar-refractivity contribution in [3.8, 4) is 5.75 Å². The molecule has 7 nitrogen and oxygen atoms in total. The van der Waals surface area contributed by atoms with Crippen molar-refractivity contribution >= 4 is 0 Å². The highest BCUT2D eigenvalue weighted by atomic mass is 16.6. The van der Waals surface area contributed by atoms with Crippen LogP contribution in [0.15, 0.2) is 30.3 Å². The summed E-state index contributed by atoms with van der Waals surface area (Å²) >= 11 is 0. The smallest absolute Gasteiger partial charge is 0.119 e.